The number of nitrogen functional groups attached to an aromatic ring is 1. The fraction of sp³-hybridized carbons (Fsp3) is 0.400. The highest BCUT2D eigenvalue weighted by molar-refractivity contribution is 8.01. The number of rotatable bonds is 6. The molecule has 2 atom stereocenters. The average molecular weight is 350 g/mol. The molecule has 1 saturated heterocycles. The fourth-order valence-electron chi connectivity index (χ4n) is 2.38. The van der Waals surface area contributed by atoms with Crippen molar-refractivity contribution in [2.24, 2.45) is 0 Å². The Kier molecular flexibility index (Phi) is 5.47. The average Bonchev–Trinajstić information content (AvgIpc) is 3.23. The Hall–Kier alpha value is -1.64. The maximum Gasteiger partial charge on any atom is 0.238 e. The number of nitrogens with zero attached hydrogens (tertiary/aromatic N) is 2. The van der Waals surface area contributed by atoms with E-state index in [1.807, 2.05) is 30.3 Å². The van der Waals surface area contributed by atoms with Gasteiger partial charge < -0.3 is 15.8 Å². The van der Waals surface area contributed by atoms with Crippen molar-refractivity contribution in [2.75, 3.05) is 18.9 Å². The van der Waals surface area contributed by atoms with Crippen molar-refractivity contribution in [2.45, 2.75) is 28.5 Å². The Morgan fingerprint density at radius 1 is 1.43 bits per heavy atom. The number of aromatic nitrogens is 2. The highest BCUT2D eigenvalue weighted by Gasteiger charge is 2.25. The van der Waals surface area contributed by atoms with E-state index in [9.17, 15) is 4.79 Å². The number of anilines is 1. The van der Waals surface area contributed by atoms with Gasteiger partial charge in [-0.3, -0.25) is 4.79 Å². The van der Waals surface area contributed by atoms with Gasteiger partial charge in [0, 0.05) is 13.2 Å². The molecule has 0 bridgehead atoms. The smallest absolute Gasteiger partial charge is 0.238 e. The minimum absolute atomic E-state index is 0.0505. The first-order chi connectivity index (χ1) is 11.2. The first-order valence-electron chi connectivity index (χ1n) is 7.42. The second kappa shape index (κ2) is 7.76. The molecule has 23 heavy (non-hydrogen) atoms. The summed E-state index contributed by atoms with van der Waals surface area (Å²) < 4.78 is 6.24. The molecular formula is C15H18N4O2S2. The molecule has 0 spiro atoms. The van der Waals surface area contributed by atoms with Crippen LogP contribution in [0.4, 0.5) is 5.13 Å². The third-order valence-corrected chi connectivity index (χ3v) is 5.60. The molecule has 0 saturated carbocycles. The summed E-state index contributed by atoms with van der Waals surface area (Å²) in [5.41, 5.74) is 6.55. The van der Waals surface area contributed by atoms with Crippen molar-refractivity contribution < 1.29 is 9.53 Å². The fourth-order valence-corrected chi connectivity index (χ4v) is 4.23. The van der Waals surface area contributed by atoms with Crippen LogP contribution in [0.3, 0.4) is 0 Å². The second-order valence-electron chi connectivity index (χ2n) is 5.19. The van der Waals surface area contributed by atoms with E-state index in [1.165, 1.54) is 23.1 Å². The predicted octanol–water partition coefficient (Wildman–Crippen LogP) is 2.25. The first kappa shape index (κ1) is 16.2. The van der Waals surface area contributed by atoms with Gasteiger partial charge in [-0.25, -0.2) is 0 Å². The lowest BCUT2D eigenvalue weighted by Gasteiger charge is -2.17. The molecule has 0 aliphatic carbocycles. The Morgan fingerprint density at radius 2 is 2.26 bits per heavy atom. The second-order valence-corrected chi connectivity index (χ2v) is 7.56. The number of carbonyl (C=O) groups is 1. The summed E-state index contributed by atoms with van der Waals surface area (Å²) in [6, 6.07) is 9.65. The summed E-state index contributed by atoms with van der Waals surface area (Å²) >= 11 is 2.65. The van der Waals surface area contributed by atoms with Crippen LogP contribution >= 0.6 is 23.1 Å². The standard InChI is InChI=1S/C15H18N4O2S2/c16-14-18-19-15(23-14)22-12(10-5-2-1-3-6-10)13(20)17-9-11-7-4-8-21-11/h1-3,5-6,11-12H,4,7-9H2,(H2,16,18)(H,17,20)/t11-,12+/m1/s1. The maximum absolute atomic E-state index is 12.6. The van der Waals surface area contributed by atoms with Gasteiger partial charge in [0.25, 0.3) is 0 Å². The molecule has 1 aromatic carbocycles. The van der Waals surface area contributed by atoms with E-state index < -0.39 is 0 Å². The zero-order valence-electron chi connectivity index (χ0n) is 12.5. The largest absolute Gasteiger partial charge is 0.376 e. The number of amides is 1. The van der Waals surface area contributed by atoms with Crippen molar-refractivity contribution >= 4 is 34.1 Å². The molecule has 6 nitrogen and oxygen atoms in total. The molecule has 1 fully saturated rings. The summed E-state index contributed by atoms with van der Waals surface area (Å²) in [7, 11) is 0. The molecule has 2 aromatic rings. The first-order valence-corrected chi connectivity index (χ1v) is 9.12. The molecular weight excluding hydrogens is 332 g/mol. The number of hydrogen-bond donors (Lipinski definition) is 2. The van der Waals surface area contributed by atoms with Gasteiger partial charge in [0.15, 0.2) is 4.34 Å². The van der Waals surface area contributed by atoms with Gasteiger partial charge in [0.2, 0.25) is 11.0 Å². The normalized spacial score (nSPS) is 18.7. The van der Waals surface area contributed by atoms with Crippen molar-refractivity contribution in [1.82, 2.24) is 15.5 Å². The lowest BCUT2D eigenvalue weighted by atomic mass is 10.1. The number of nitrogens with two attached hydrogens (primary N) is 1. The summed E-state index contributed by atoms with van der Waals surface area (Å²) in [5.74, 6) is -0.0505. The Morgan fingerprint density at radius 3 is 2.91 bits per heavy atom. The molecule has 3 N–H and O–H groups in total. The Balaban J connectivity index is 1.70. The molecule has 1 aliphatic heterocycles. The van der Waals surface area contributed by atoms with Crippen molar-refractivity contribution in [3.63, 3.8) is 0 Å². The number of benzene rings is 1. The van der Waals surface area contributed by atoms with Crippen LogP contribution < -0.4 is 11.1 Å². The van der Waals surface area contributed by atoms with Crippen LogP contribution in [0.15, 0.2) is 34.7 Å². The van der Waals surface area contributed by atoms with E-state index in [0.29, 0.717) is 16.0 Å². The number of ether oxygens (including phenoxy) is 1. The van der Waals surface area contributed by atoms with Crippen molar-refractivity contribution in [3.05, 3.63) is 35.9 Å². The van der Waals surface area contributed by atoms with E-state index >= 15 is 0 Å². The Labute approximate surface area is 142 Å². The number of nitrogens with one attached hydrogen (secondary N) is 1. The zero-order chi connectivity index (χ0) is 16.1. The molecule has 0 radical (unpaired) electrons. The molecule has 8 heteroatoms. The van der Waals surface area contributed by atoms with Crippen molar-refractivity contribution in [3.8, 4) is 0 Å². The van der Waals surface area contributed by atoms with E-state index in [0.717, 1.165) is 25.0 Å². The summed E-state index contributed by atoms with van der Waals surface area (Å²) in [6.07, 6.45) is 2.18. The molecule has 1 aromatic heterocycles. The summed E-state index contributed by atoms with van der Waals surface area (Å²) in [5, 5.41) is 10.8. The Bertz CT molecular complexity index is 644. The predicted molar refractivity (Wildman–Crippen MR) is 91.3 cm³/mol. The number of carbonyl (C=O) groups excluding carboxylic acids is 1. The lowest BCUT2D eigenvalue weighted by Crippen LogP contribution is -2.34. The molecule has 1 amide bonds. The highest BCUT2D eigenvalue weighted by Crippen LogP contribution is 2.37. The summed E-state index contributed by atoms with van der Waals surface area (Å²) in [4.78, 5) is 12.6. The van der Waals surface area contributed by atoms with Gasteiger partial charge >= 0.3 is 0 Å². The number of hydrogen-bond acceptors (Lipinski definition) is 7. The number of thioether (sulfide) groups is 1. The highest BCUT2D eigenvalue weighted by atomic mass is 32.2. The van der Waals surface area contributed by atoms with Gasteiger partial charge in [-0.1, -0.05) is 53.4 Å². The van der Waals surface area contributed by atoms with Crippen LogP contribution in [0.1, 0.15) is 23.7 Å². The van der Waals surface area contributed by atoms with Crippen LogP contribution in [0.25, 0.3) is 0 Å². The zero-order valence-corrected chi connectivity index (χ0v) is 14.1. The molecule has 1 aliphatic rings. The van der Waals surface area contributed by atoms with Crippen LogP contribution in [0.2, 0.25) is 0 Å². The van der Waals surface area contributed by atoms with E-state index in [-0.39, 0.29) is 17.3 Å². The maximum atomic E-state index is 12.6. The topological polar surface area (TPSA) is 90.1 Å². The molecule has 2 heterocycles. The monoisotopic (exact) mass is 350 g/mol. The quantitative estimate of drug-likeness (QED) is 0.777. The molecule has 0 unspecified atom stereocenters. The van der Waals surface area contributed by atoms with Gasteiger partial charge in [-0.05, 0) is 18.4 Å². The van der Waals surface area contributed by atoms with Crippen LogP contribution in [0, 0.1) is 0 Å². The lowest BCUT2D eigenvalue weighted by molar-refractivity contribution is -0.121. The molecule has 122 valence electrons. The summed E-state index contributed by atoms with van der Waals surface area (Å²) in [6.45, 7) is 1.32. The van der Waals surface area contributed by atoms with E-state index in [1.54, 1.807) is 0 Å². The van der Waals surface area contributed by atoms with Crippen LogP contribution in [-0.4, -0.2) is 35.4 Å². The molecule has 3 rings (SSSR count). The van der Waals surface area contributed by atoms with Crippen LogP contribution in [0.5, 0.6) is 0 Å². The van der Waals surface area contributed by atoms with Gasteiger partial charge in [-0.2, -0.15) is 0 Å². The van der Waals surface area contributed by atoms with Crippen molar-refractivity contribution in [1.29, 1.82) is 0 Å². The van der Waals surface area contributed by atoms with Gasteiger partial charge in [0.1, 0.15) is 5.25 Å². The van der Waals surface area contributed by atoms with Gasteiger partial charge in [-0.15, -0.1) is 10.2 Å². The van der Waals surface area contributed by atoms with E-state index in [2.05, 4.69) is 15.5 Å². The van der Waals surface area contributed by atoms with Gasteiger partial charge in [0.05, 0.1) is 6.10 Å². The third kappa shape index (κ3) is 4.43. The van der Waals surface area contributed by atoms with Crippen LogP contribution in [-0.2, 0) is 9.53 Å². The third-order valence-electron chi connectivity index (χ3n) is 3.51. The minimum Gasteiger partial charge on any atom is -0.376 e. The van der Waals surface area contributed by atoms with E-state index in [4.69, 9.17) is 10.5 Å². The minimum atomic E-state index is -0.384. The SMILES string of the molecule is Nc1nnc(S[C@H](C(=O)NC[C@H]2CCCO2)c2ccccc2)s1.